The lowest BCUT2D eigenvalue weighted by Gasteiger charge is -2.19. The fourth-order valence-electron chi connectivity index (χ4n) is 4.74. The van der Waals surface area contributed by atoms with Crippen LogP contribution in [0.3, 0.4) is 0 Å². The van der Waals surface area contributed by atoms with Crippen LogP contribution in [0.2, 0.25) is 0 Å². The van der Waals surface area contributed by atoms with E-state index in [1.54, 1.807) is 0 Å². The van der Waals surface area contributed by atoms with Gasteiger partial charge in [0, 0.05) is 19.5 Å². The first-order valence-electron chi connectivity index (χ1n) is 16.3. The SMILES string of the molecule is CCCCCCCCCCCCCC(=O)O.CCCCCCCCCCCCCCN(CCO)CCO. The highest BCUT2D eigenvalue weighted by Crippen LogP contribution is 2.13. The van der Waals surface area contributed by atoms with Crippen molar-refractivity contribution in [3.05, 3.63) is 0 Å². The number of nitrogens with zero attached hydrogens (tertiary/aromatic N) is 1. The Bertz CT molecular complexity index is 414. The van der Waals surface area contributed by atoms with Crippen molar-refractivity contribution in [1.82, 2.24) is 4.90 Å². The van der Waals surface area contributed by atoms with Gasteiger partial charge in [-0.1, -0.05) is 149 Å². The molecule has 3 N–H and O–H groups in total. The first-order valence-corrected chi connectivity index (χ1v) is 16.3. The summed E-state index contributed by atoms with van der Waals surface area (Å²) < 4.78 is 0. The van der Waals surface area contributed by atoms with Crippen LogP contribution in [0, 0.1) is 0 Å². The van der Waals surface area contributed by atoms with Crippen LogP contribution in [0.1, 0.15) is 168 Å². The Morgan fingerprint density at radius 3 is 1.05 bits per heavy atom. The Labute approximate surface area is 231 Å². The lowest BCUT2D eigenvalue weighted by atomic mass is 10.1. The van der Waals surface area contributed by atoms with Gasteiger partial charge in [0.1, 0.15) is 0 Å². The highest BCUT2D eigenvalue weighted by Gasteiger charge is 2.02. The van der Waals surface area contributed by atoms with Gasteiger partial charge in [-0.25, -0.2) is 0 Å². The average molecular weight is 530 g/mol. The number of unbranched alkanes of at least 4 members (excludes halogenated alkanes) is 21. The summed E-state index contributed by atoms with van der Waals surface area (Å²) in [5.41, 5.74) is 0. The van der Waals surface area contributed by atoms with Gasteiger partial charge in [0.2, 0.25) is 0 Å². The van der Waals surface area contributed by atoms with E-state index in [2.05, 4.69) is 18.7 Å². The maximum atomic E-state index is 10.3. The molecule has 224 valence electrons. The molecule has 0 aromatic heterocycles. The van der Waals surface area contributed by atoms with Crippen molar-refractivity contribution in [2.45, 2.75) is 168 Å². The maximum absolute atomic E-state index is 10.3. The van der Waals surface area contributed by atoms with Crippen LogP contribution in [0.4, 0.5) is 0 Å². The first-order chi connectivity index (χ1) is 18.1. The van der Waals surface area contributed by atoms with E-state index in [4.69, 9.17) is 15.3 Å². The predicted octanol–water partition coefficient (Wildman–Crippen LogP) is 8.75. The molecule has 0 amide bonds. The third-order valence-corrected chi connectivity index (χ3v) is 7.15. The van der Waals surface area contributed by atoms with E-state index in [0.29, 0.717) is 19.5 Å². The molecule has 0 atom stereocenters. The number of hydrogen-bond donors (Lipinski definition) is 3. The molecular formula is C32H67NO4. The van der Waals surface area contributed by atoms with Crippen LogP contribution in [-0.2, 0) is 4.79 Å². The minimum Gasteiger partial charge on any atom is -0.481 e. The molecule has 37 heavy (non-hydrogen) atoms. The number of aliphatic hydroxyl groups is 2. The molecule has 0 heterocycles. The fraction of sp³-hybridized carbons (Fsp3) is 0.969. The monoisotopic (exact) mass is 530 g/mol. The largest absolute Gasteiger partial charge is 0.481 e. The van der Waals surface area contributed by atoms with Gasteiger partial charge in [-0.15, -0.1) is 0 Å². The van der Waals surface area contributed by atoms with Gasteiger partial charge in [0.05, 0.1) is 13.2 Å². The normalized spacial score (nSPS) is 11.1. The van der Waals surface area contributed by atoms with Gasteiger partial charge < -0.3 is 15.3 Å². The third-order valence-electron chi connectivity index (χ3n) is 7.15. The number of rotatable bonds is 29. The zero-order valence-electron chi connectivity index (χ0n) is 25.2. The zero-order chi connectivity index (χ0) is 27.7. The van der Waals surface area contributed by atoms with Gasteiger partial charge in [-0.05, 0) is 19.4 Å². The number of carboxylic acid groups (broad SMARTS) is 1. The van der Waals surface area contributed by atoms with E-state index < -0.39 is 5.97 Å². The summed E-state index contributed by atoms with van der Waals surface area (Å²) in [4.78, 5) is 12.4. The molecule has 0 aliphatic heterocycles. The van der Waals surface area contributed by atoms with Crippen molar-refractivity contribution in [3.63, 3.8) is 0 Å². The number of aliphatic hydroxyl groups excluding tert-OH is 2. The van der Waals surface area contributed by atoms with Crippen molar-refractivity contribution in [1.29, 1.82) is 0 Å². The van der Waals surface area contributed by atoms with E-state index >= 15 is 0 Å². The molecular weight excluding hydrogens is 462 g/mol. The van der Waals surface area contributed by atoms with Crippen LogP contribution < -0.4 is 0 Å². The van der Waals surface area contributed by atoms with Crippen LogP contribution in [-0.4, -0.2) is 59.0 Å². The number of carbonyl (C=O) groups is 1. The Morgan fingerprint density at radius 2 is 0.757 bits per heavy atom. The number of carboxylic acids is 1. The van der Waals surface area contributed by atoms with E-state index in [9.17, 15) is 4.79 Å². The van der Waals surface area contributed by atoms with Crippen LogP contribution >= 0.6 is 0 Å². The molecule has 0 aliphatic carbocycles. The zero-order valence-corrected chi connectivity index (χ0v) is 25.2. The van der Waals surface area contributed by atoms with Gasteiger partial charge in [0.25, 0.3) is 0 Å². The molecule has 0 aromatic carbocycles. The van der Waals surface area contributed by atoms with Gasteiger partial charge in [-0.2, -0.15) is 0 Å². The second-order valence-corrected chi connectivity index (χ2v) is 10.9. The van der Waals surface area contributed by atoms with Crippen molar-refractivity contribution in [2.75, 3.05) is 32.8 Å². The van der Waals surface area contributed by atoms with Crippen LogP contribution in [0.25, 0.3) is 0 Å². The Morgan fingerprint density at radius 1 is 0.459 bits per heavy atom. The van der Waals surface area contributed by atoms with Crippen molar-refractivity contribution >= 4 is 5.97 Å². The summed E-state index contributed by atoms with van der Waals surface area (Å²) in [5.74, 6) is -0.657. The molecule has 0 aliphatic rings. The van der Waals surface area contributed by atoms with Crippen molar-refractivity contribution < 1.29 is 20.1 Å². The molecule has 5 heteroatoms. The summed E-state index contributed by atoms with van der Waals surface area (Å²) in [5, 5.41) is 26.3. The Kier molecular flexibility index (Phi) is 36.8. The highest BCUT2D eigenvalue weighted by atomic mass is 16.4. The molecule has 0 bridgehead atoms. The lowest BCUT2D eigenvalue weighted by Crippen LogP contribution is -2.30. The van der Waals surface area contributed by atoms with E-state index in [-0.39, 0.29) is 13.2 Å². The summed E-state index contributed by atoms with van der Waals surface area (Å²) in [7, 11) is 0. The quantitative estimate of drug-likeness (QED) is 0.0844. The lowest BCUT2D eigenvalue weighted by molar-refractivity contribution is -0.137. The topological polar surface area (TPSA) is 81.0 Å². The fourth-order valence-corrected chi connectivity index (χ4v) is 4.74. The number of aliphatic carboxylic acids is 1. The summed E-state index contributed by atoms with van der Waals surface area (Å²) in [6.45, 7) is 7.30. The Balaban J connectivity index is 0. The first kappa shape index (κ1) is 38.5. The highest BCUT2D eigenvalue weighted by molar-refractivity contribution is 5.66. The molecule has 0 aromatic rings. The maximum Gasteiger partial charge on any atom is 0.303 e. The second kappa shape index (κ2) is 35.4. The minimum atomic E-state index is -0.657. The summed E-state index contributed by atoms with van der Waals surface area (Å²) >= 11 is 0. The molecule has 0 rings (SSSR count). The summed E-state index contributed by atoms with van der Waals surface area (Å²) in [6.07, 6.45) is 30.8. The molecule has 0 unspecified atom stereocenters. The average Bonchev–Trinajstić information content (AvgIpc) is 2.88. The summed E-state index contributed by atoms with van der Waals surface area (Å²) in [6, 6.07) is 0. The smallest absolute Gasteiger partial charge is 0.303 e. The predicted molar refractivity (Wildman–Crippen MR) is 160 cm³/mol. The van der Waals surface area contributed by atoms with Crippen molar-refractivity contribution in [2.24, 2.45) is 0 Å². The van der Waals surface area contributed by atoms with Gasteiger partial charge in [-0.3, -0.25) is 9.69 Å². The third kappa shape index (κ3) is 37.6. The van der Waals surface area contributed by atoms with Crippen molar-refractivity contribution in [3.8, 4) is 0 Å². The van der Waals surface area contributed by atoms with Crippen LogP contribution in [0.15, 0.2) is 0 Å². The van der Waals surface area contributed by atoms with E-state index in [0.717, 1.165) is 19.4 Å². The van der Waals surface area contributed by atoms with Gasteiger partial charge in [0.15, 0.2) is 0 Å². The molecule has 0 saturated heterocycles. The number of hydrogen-bond acceptors (Lipinski definition) is 4. The molecule has 0 spiro atoms. The Hall–Kier alpha value is -0.650. The van der Waals surface area contributed by atoms with Crippen LogP contribution in [0.5, 0.6) is 0 Å². The molecule has 0 radical (unpaired) electrons. The van der Waals surface area contributed by atoms with E-state index in [1.165, 1.54) is 135 Å². The standard InChI is InChI=1S/C18H39NO2.C14H28O2/c1-2-3-4-5-6-7-8-9-10-11-12-13-14-19(15-17-20)16-18-21;1-2-3-4-5-6-7-8-9-10-11-12-13-14(15)16/h20-21H,2-18H2,1H3;2-13H2,1H3,(H,15,16). The second-order valence-electron chi connectivity index (χ2n) is 10.9. The van der Waals surface area contributed by atoms with Gasteiger partial charge >= 0.3 is 5.97 Å². The van der Waals surface area contributed by atoms with E-state index in [1.807, 2.05) is 0 Å². The minimum absolute atomic E-state index is 0.193. The molecule has 5 nitrogen and oxygen atoms in total. The molecule has 0 saturated carbocycles. The molecule has 0 fully saturated rings.